The van der Waals surface area contributed by atoms with E-state index >= 15 is 0 Å². The van der Waals surface area contributed by atoms with E-state index < -0.39 is 12.1 Å². The van der Waals surface area contributed by atoms with Crippen molar-refractivity contribution < 1.29 is 23.9 Å². The highest BCUT2D eigenvalue weighted by Gasteiger charge is 2.38. The van der Waals surface area contributed by atoms with Crippen molar-refractivity contribution in [2.45, 2.75) is 39.8 Å². The Balaban J connectivity index is 1.53. The number of hydrogen-bond acceptors (Lipinski definition) is 7. The second-order valence-electron chi connectivity index (χ2n) is 8.38. The Morgan fingerprint density at radius 1 is 1.18 bits per heavy atom. The number of rotatable bonds is 4. The van der Waals surface area contributed by atoms with E-state index in [1.165, 1.54) is 4.90 Å². The third-order valence-corrected chi connectivity index (χ3v) is 6.83. The van der Waals surface area contributed by atoms with Gasteiger partial charge in [0.15, 0.2) is 18.5 Å². The Bertz CT molecular complexity index is 1350. The van der Waals surface area contributed by atoms with E-state index in [-0.39, 0.29) is 24.2 Å². The first-order valence-corrected chi connectivity index (χ1v) is 11.7. The van der Waals surface area contributed by atoms with Gasteiger partial charge in [-0.3, -0.25) is 19.3 Å². The van der Waals surface area contributed by atoms with Crippen molar-refractivity contribution in [1.29, 1.82) is 0 Å². The number of nitrogens with one attached hydrogen (secondary N) is 1. The number of ketones is 1. The highest BCUT2D eigenvalue weighted by Crippen LogP contribution is 2.40. The third-order valence-electron chi connectivity index (χ3n) is 5.95. The fraction of sp³-hybridized carbons (Fsp3) is 0.280. The van der Waals surface area contributed by atoms with Crippen LogP contribution < -0.4 is 19.7 Å². The topological polar surface area (TPSA) is 97.8 Å². The highest BCUT2D eigenvalue weighted by molar-refractivity contribution is 7.11. The third kappa shape index (κ3) is 3.71. The average Bonchev–Trinajstić information content (AvgIpc) is 3.16. The number of Topliss-reactive ketones (excluding diaryl/α,β-unsaturated/α-hetero) is 1. The van der Waals surface area contributed by atoms with Crippen molar-refractivity contribution in [3.05, 3.63) is 51.8 Å². The van der Waals surface area contributed by atoms with Crippen LogP contribution in [-0.4, -0.2) is 41.3 Å². The number of nitrogens with zero attached hydrogens (tertiary/aromatic N) is 2. The summed E-state index contributed by atoms with van der Waals surface area (Å²) < 4.78 is 11.2. The predicted octanol–water partition coefficient (Wildman–Crippen LogP) is 4.14. The van der Waals surface area contributed by atoms with Gasteiger partial charge < -0.3 is 14.8 Å². The lowest BCUT2D eigenvalue weighted by atomic mass is 9.99. The predicted molar refractivity (Wildman–Crippen MR) is 129 cm³/mol. The molecule has 3 heterocycles. The Morgan fingerprint density at radius 2 is 1.94 bits per heavy atom. The van der Waals surface area contributed by atoms with Gasteiger partial charge in [0.05, 0.1) is 28.1 Å². The molecule has 1 N–H and O–H groups in total. The first-order valence-electron chi connectivity index (χ1n) is 10.9. The lowest BCUT2D eigenvalue weighted by Crippen LogP contribution is -2.51. The summed E-state index contributed by atoms with van der Waals surface area (Å²) in [5.74, 6) is 0.194. The molecule has 1 aromatic heterocycles. The SMILES string of the molecule is Cc1nc(-c2ccc3c(c2)N(C(C)C(=O)c2ccc4c(c2)NC(=O)CO4)C(=O)C(C)O3)c(C)s1. The molecule has 0 fully saturated rings. The number of hydrogen-bond donors (Lipinski definition) is 1. The van der Waals surface area contributed by atoms with E-state index in [4.69, 9.17) is 9.47 Å². The Labute approximate surface area is 200 Å². The molecular weight excluding hydrogens is 454 g/mol. The molecule has 9 heteroatoms. The molecule has 0 spiro atoms. The maximum atomic E-state index is 13.5. The Hall–Kier alpha value is -3.72. The van der Waals surface area contributed by atoms with E-state index in [2.05, 4.69) is 10.3 Å². The summed E-state index contributed by atoms with van der Waals surface area (Å²) in [5, 5.41) is 3.67. The quantitative estimate of drug-likeness (QED) is 0.567. The van der Waals surface area contributed by atoms with Crippen LogP contribution in [-0.2, 0) is 9.59 Å². The molecule has 2 amide bonds. The number of amides is 2. The zero-order valence-corrected chi connectivity index (χ0v) is 20.0. The molecule has 2 aliphatic rings. The molecule has 0 radical (unpaired) electrons. The first-order chi connectivity index (χ1) is 16.2. The van der Waals surface area contributed by atoms with Gasteiger partial charge in [0.25, 0.3) is 11.8 Å². The van der Waals surface area contributed by atoms with Crippen LogP contribution in [0.3, 0.4) is 0 Å². The molecule has 34 heavy (non-hydrogen) atoms. The summed E-state index contributed by atoms with van der Waals surface area (Å²) in [6, 6.07) is 9.66. The largest absolute Gasteiger partial charge is 0.482 e. The standard InChI is InChI=1S/C25H23N3O5S/c1-12(24(30)17-6-7-20-18(9-17)27-22(29)11-32-20)28-19-10-16(23-14(3)34-15(4)26-23)5-8-21(19)33-13(2)25(28)31/h5-10,12-13H,11H2,1-4H3,(H,27,29). The first kappa shape index (κ1) is 22.1. The minimum Gasteiger partial charge on any atom is -0.482 e. The fourth-order valence-electron chi connectivity index (χ4n) is 4.30. The Morgan fingerprint density at radius 3 is 2.68 bits per heavy atom. The van der Waals surface area contributed by atoms with Gasteiger partial charge in [0.1, 0.15) is 11.5 Å². The monoisotopic (exact) mass is 477 g/mol. The minimum absolute atomic E-state index is 0.0615. The van der Waals surface area contributed by atoms with Crippen LogP contribution in [0.25, 0.3) is 11.3 Å². The van der Waals surface area contributed by atoms with Gasteiger partial charge in [0, 0.05) is 16.0 Å². The van der Waals surface area contributed by atoms with Crippen LogP contribution in [0, 0.1) is 13.8 Å². The minimum atomic E-state index is -0.802. The molecule has 0 aliphatic carbocycles. The summed E-state index contributed by atoms with van der Waals surface area (Å²) in [5.41, 5.74) is 3.03. The number of carbonyl (C=O) groups is 3. The normalized spacial score (nSPS) is 17.8. The van der Waals surface area contributed by atoms with E-state index in [1.807, 2.05) is 32.0 Å². The summed E-state index contributed by atoms with van der Waals surface area (Å²) in [4.78, 5) is 45.6. The maximum Gasteiger partial charge on any atom is 0.268 e. The molecule has 0 saturated heterocycles. The van der Waals surface area contributed by atoms with Crippen LogP contribution in [0.2, 0.25) is 0 Å². The summed E-state index contributed by atoms with van der Waals surface area (Å²) in [6.07, 6.45) is -0.729. The van der Waals surface area contributed by atoms with Crippen molar-refractivity contribution in [2.24, 2.45) is 0 Å². The molecule has 5 rings (SSSR count). The average molecular weight is 478 g/mol. The lowest BCUT2D eigenvalue weighted by molar-refractivity contribution is -0.125. The summed E-state index contributed by atoms with van der Waals surface area (Å²) in [7, 11) is 0. The summed E-state index contributed by atoms with van der Waals surface area (Å²) >= 11 is 1.61. The zero-order valence-electron chi connectivity index (χ0n) is 19.2. The van der Waals surface area contributed by atoms with Crippen molar-refractivity contribution in [2.75, 3.05) is 16.8 Å². The van der Waals surface area contributed by atoms with E-state index in [0.29, 0.717) is 28.4 Å². The van der Waals surface area contributed by atoms with Gasteiger partial charge >= 0.3 is 0 Å². The number of carbonyl (C=O) groups excluding carboxylic acids is 3. The van der Waals surface area contributed by atoms with Crippen LogP contribution in [0.5, 0.6) is 11.5 Å². The Kier molecular flexibility index (Phi) is 5.36. The molecule has 2 aromatic carbocycles. The lowest BCUT2D eigenvalue weighted by Gasteiger charge is -2.36. The number of fused-ring (bicyclic) bond motifs is 2. The van der Waals surface area contributed by atoms with Gasteiger partial charge in [-0.1, -0.05) is 0 Å². The van der Waals surface area contributed by atoms with Gasteiger partial charge in [0.2, 0.25) is 0 Å². The van der Waals surface area contributed by atoms with Crippen LogP contribution in [0.1, 0.15) is 34.1 Å². The molecule has 2 aliphatic heterocycles. The second kappa shape index (κ2) is 8.25. The van der Waals surface area contributed by atoms with Crippen molar-refractivity contribution in [3.8, 4) is 22.8 Å². The number of benzene rings is 2. The number of thiazole rings is 1. The number of aromatic nitrogens is 1. The highest BCUT2D eigenvalue weighted by atomic mass is 32.1. The van der Waals surface area contributed by atoms with E-state index in [1.54, 1.807) is 43.4 Å². The van der Waals surface area contributed by atoms with E-state index in [0.717, 1.165) is 21.1 Å². The van der Waals surface area contributed by atoms with E-state index in [9.17, 15) is 14.4 Å². The molecular formula is C25H23N3O5S. The van der Waals surface area contributed by atoms with Crippen molar-refractivity contribution >= 4 is 40.3 Å². The van der Waals surface area contributed by atoms with Gasteiger partial charge in [-0.25, -0.2) is 4.98 Å². The van der Waals surface area contributed by atoms with Gasteiger partial charge in [-0.2, -0.15) is 0 Å². The fourth-order valence-corrected chi connectivity index (χ4v) is 5.14. The smallest absolute Gasteiger partial charge is 0.268 e. The van der Waals surface area contributed by atoms with Crippen molar-refractivity contribution in [3.63, 3.8) is 0 Å². The van der Waals surface area contributed by atoms with Crippen molar-refractivity contribution in [1.82, 2.24) is 4.98 Å². The zero-order chi connectivity index (χ0) is 24.1. The molecule has 0 saturated carbocycles. The summed E-state index contributed by atoms with van der Waals surface area (Å²) in [6.45, 7) is 7.26. The van der Waals surface area contributed by atoms with Crippen LogP contribution in [0.4, 0.5) is 11.4 Å². The number of ether oxygens (including phenoxy) is 2. The molecule has 0 bridgehead atoms. The number of anilines is 2. The molecule has 174 valence electrons. The van der Waals surface area contributed by atoms with Crippen LogP contribution >= 0.6 is 11.3 Å². The molecule has 8 nitrogen and oxygen atoms in total. The van der Waals surface area contributed by atoms with Gasteiger partial charge in [-0.15, -0.1) is 11.3 Å². The number of aryl methyl sites for hydroxylation is 2. The maximum absolute atomic E-state index is 13.5. The molecule has 3 aromatic rings. The van der Waals surface area contributed by atoms with Crippen LogP contribution in [0.15, 0.2) is 36.4 Å². The second-order valence-corrected chi connectivity index (χ2v) is 9.78. The molecule has 2 atom stereocenters. The van der Waals surface area contributed by atoms with Gasteiger partial charge in [-0.05, 0) is 64.1 Å². The molecule has 2 unspecified atom stereocenters.